The number of azo groups is 1. The molecule has 0 aliphatic carbocycles. The van der Waals surface area contributed by atoms with Crippen molar-refractivity contribution in [3.05, 3.63) is 28.3 Å². The van der Waals surface area contributed by atoms with Crippen molar-refractivity contribution in [3.63, 3.8) is 0 Å². The number of hydrogen-bond donors (Lipinski definition) is 0. The SMILES string of the molecule is CC1=NC2=CN=[N+]([O-])CC2=C1C. The Kier molecular flexibility index (Phi) is 1.36. The lowest BCUT2D eigenvalue weighted by Crippen LogP contribution is -2.10. The maximum absolute atomic E-state index is 10.9. The smallest absolute Gasteiger partial charge is 0.208 e. The lowest BCUT2D eigenvalue weighted by Gasteiger charge is -2.06. The molecule has 0 N–H and O–H groups in total. The average Bonchev–Trinajstić information content (AvgIpc) is 2.31. The zero-order valence-corrected chi connectivity index (χ0v) is 7.03. The molecule has 2 aliphatic heterocycles. The molecule has 0 aromatic heterocycles. The first-order valence-corrected chi connectivity index (χ1v) is 3.80. The molecule has 2 rings (SSSR count). The molecule has 0 amide bonds. The molecule has 0 bridgehead atoms. The fourth-order valence-electron chi connectivity index (χ4n) is 1.34. The summed E-state index contributed by atoms with van der Waals surface area (Å²) in [4.78, 5) is 4.95. The summed E-state index contributed by atoms with van der Waals surface area (Å²) in [6.07, 6.45) is 1.52. The van der Waals surface area contributed by atoms with Gasteiger partial charge in [-0.15, -0.1) is 0 Å². The predicted molar refractivity (Wildman–Crippen MR) is 44.8 cm³/mol. The van der Waals surface area contributed by atoms with Crippen LogP contribution in [0.1, 0.15) is 13.8 Å². The standard InChI is InChI=1S/C8H9N3O/c1-5-6(2)10-8-3-9-11(12)4-7(5)8/h3H,4H2,1-2H3. The van der Waals surface area contributed by atoms with E-state index in [4.69, 9.17) is 0 Å². The average molecular weight is 163 g/mol. The largest absolute Gasteiger partial charge is 0.599 e. The molecule has 0 fully saturated rings. The summed E-state index contributed by atoms with van der Waals surface area (Å²) in [6, 6.07) is 0. The van der Waals surface area contributed by atoms with E-state index < -0.39 is 0 Å². The molecule has 0 saturated heterocycles. The second-order valence-electron chi connectivity index (χ2n) is 2.94. The lowest BCUT2D eigenvalue weighted by atomic mass is 10.1. The van der Waals surface area contributed by atoms with Crippen LogP contribution in [0.25, 0.3) is 0 Å². The van der Waals surface area contributed by atoms with Gasteiger partial charge >= 0.3 is 0 Å². The summed E-state index contributed by atoms with van der Waals surface area (Å²) >= 11 is 0. The van der Waals surface area contributed by atoms with Gasteiger partial charge in [0.15, 0.2) is 0 Å². The van der Waals surface area contributed by atoms with Crippen LogP contribution in [0.4, 0.5) is 0 Å². The lowest BCUT2D eigenvalue weighted by molar-refractivity contribution is -0.519. The van der Waals surface area contributed by atoms with Crippen molar-refractivity contribution in [1.29, 1.82) is 0 Å². The number of allylic oxidation sites excluding steroid dienone is 1. The number of fused-ring (bicyclic) bond motifs is 1. The Labute approximate surface area is 70.2 Å². The van der Waals surface area contributed by atoms with Crippen molar-refractivity contribution < 1.29 is 4.86 Å². The van der Waals surface area contributed by atoms with Gasteiger partial charge in [-0.2, -0.15) is 0 Å². The van der Waals surface area contributed by atoms with Gasteiger partial charge < -0.3 is 5.21 Å². The second-order valence-corrected chi connectivity index (χ2v) is 2.94. The molecule has 0 atom stereocenters. The highest BCUT2D eigenvalue weighted by atomic mass is 16.5. The van der Waals surface area contributed by atoms with Gasteiger partial charge in [-0.3, -0.25) is 4.99 Å². The van der Waals surface area contributed by atoms with Crippen LogP contribution < -0.4 is 0 Å². The summed E-state index contributed by atoms with van der Waals surface area (Å²) in [7, 11) is 0. The highest BCUT2D eigenvalue weighted by Gasteiger charge is 2.23. The zero-order chi connectivity index (χ0) is 8.72. The van der Waals surface area contributed by atoms with Crippen LogP contribution in [0.3, 0.4) is 0 Å². The van der Waals surface area contributed by atoms with Crippen LogP contribution in [-0.4, -0.2) is 17.1 Å². The Hall–Kier alpha value is -1.45. The summed E-state index contributed by atoms with van der Waals surface area (Å²) < 4.78 is 0. The van der Waals surface area contributed by atoms with E-state index in [0.29, 0.717) is 11.4 Å². The van der Waals surface area contributed by atoms with E-state index in [1.807, 2.05) is 13.8 Å². The first kappa shape index (κ1) is 7.21. The molecule has 4 heteroatoms. The van der Waals surface area contributed by atoms with E-state index in [-0.39, 0.29) is 0 Å². The molecule has 0 aromatic rings. The van der Waals surface area contributed by atoms with E-state index in [0.717, 1.165) is 22.6 Å². The fraction of sp³-hybridized carbons (Fsp3) is 0.375. The summed E-state index contributed by atoms with van der Waals surface area (Å²) in [5.74, 6) is 0. The first-order chi connectivity index (χ1) is 5.68. The quantitative estimate of drug-likeness (QED) is 0.395. The van der Waals surface area contributed by atoms with Gasteiger partial charge in [0.05, 0.1) is 11.3 Å². The third-order valence-corrected chi connectivity index (χ3v) is 2.19. The van der Waals surface area contributed by atoms with Crippen molar-refractivity contribution in [2.45, 2.75) is 13.8 Å². The van der Waals surface area contributed by atoms with Crippen LogP contribution in [-0.2, 0) is 0 Å². The molecule has 4 nitrogen and oxygen atoms in total. The Morgan fingerprint density at radius 1 is 1.50 bits per heavy atom. The minimum atomic E-state index is 0.332. The third-order valence-electron chi connectivity index (χ3n) is 2.19. The van der Waals surface area contributed by atoms with Crippen LogP contribution in [0.15, 0.2) is 33.1 Å². The van der Waals surface area contributed by atoms with Gasteiger partial charge in [0, 0.05) is 10.8 Å². The zero-order valence-electron chi connectivity index (χ0n) is 7.03. The van der Waals surface area contributed by atoms with Gasteiger partial charge in [0.25, 0.3) is 0 Å². The predicted octanol–water partition coefficient (Wildman–Crippen LogP) is 1.59. The molecule has 0 unspecified atom stereocenters. The van der Waals surface area contributed by atoms with Gasteiger partial charge in [0.2, 0.25) is 6.54 Å². The minimum Gasteiger partial charge on any atom is -0.599 e. The van der Waals surface area contributed by atoms with Crippen molar-refractivity contribution >= 4 is 5.71 Å². The summed E-state index contributed by atoms with van der Waals surface area (Å²) in [5.41, 5.74) is 3.95. The monoisotopic (exact) mass is 163 g/mol. The fourth-order valence-corrected chi connectivity index (χ4v) is 1.34. The Bertz CT molecular complexity index is 360. The number of aliphatic imine (C=N–C) groups is 1. The van der Waals surface area contributed by atoms with Crippen LogP contribution in [0.5, 0.6) is 0 Å². The molecule has 0 aromatic carbocycles. The van der Waals surface area contributed by atoms with E-state index in [1.165, 1.54) is 6.20 Å². The number of hydrogen-bond acceptors (Lipinski definition) is 3. The molecule has 12 heavy (non-hydrogen) atoms. The van der Waals surface area contributed by atoms with Crippen molar-refractivity contribution in [3.8, 4) is 0 Å². The molecular formula is C8H9N3O. The topological polar surface area (TPSA) is 50.8 Å². The van der Waals surface area contributed by atoms with Gasteiger partial charge in [-0.1, -0.05) is 4.86 Å². The van der Waals surface area contributed by atoms with E-state index in [2.05, 4.69) is 10.1 Å². The maximum atomic E-state index is 10.9. The number of rotatable bonds is 0. The van der Waals surface area contributed by atoms with E-state index in [9.17, 15) is 5.21 Å². The Balaban J connectivity index is 2.50. The van der Waals surface area contributed by atoms with Crippen molar-refractivity contribution in [2.24, 2.45) is 10.1 Å². The number of nitrogens with zero attached hydrogens (tertiary/aromatic N) is 3. The Morgan fingerprint density at radius 2 is 2.25 bits per heavy atom. The normalized spacial score (nSPS) is 21.7. The maximum Gasteiger partial charge on any atom is 0.208 e. The van der Waals surface area contributed by atoms with Crippen LogP contribution in [0.2, 0.25) is 0 Å². The molecule has 62 valence electrons. The third kappa shape index (κ3) is 0.879. The first-order valence-electron chi connectivity index (χ1n) is 3.80. The second kappa shape index (κ2) is 2.27. The summed E-state index contributed by atoms with van der Waals surface area (Å²) in [5, 5.41) is 14.5. The molecular weight excluding hydrogens is 154 g/mol. The van der Waals surface area contributed by atoms with E-state index in [1.54, 1.807) is 0 Å². The highest BCUT2D eigenvalue weighted by molar-refractivity contribution is 6.02. The van der Waals surface area contributed by atoms with Gasteiger partial charge in [-0.05, 0) is 19.4 Å². The van der Waals surface area contributed by atoms with Crippen LogP contribution >= 0.6 is 0 Å². The number of hydroxylamine groups is 1. The highest BCUT2D eigenvalue weighted by Crippen LogP contribution is 2.27. The molecule has 2 heterocycles. The molecule has 0 saturated carbocycles. The summed E-state index contributed by atoms with van der Waals surface area (Å²) in [6.45, 7) is 4.25. The molecule has 0 spiro atoms. The van der Waals surface area contributed by atoms with E-state index >= 15 is 0 Å². The van der Waals surface area contributed by atoms with Crippen LogP contribution in [0, 0.1) is 5.21 Å². The van der Waals surface area contributed by atoms with Gasteiger partial charge in [-0.25, -0.2) is 0 Å². The van der Waals surface area contributed by atoms with Gasteiger partial charge in [0.1, 0.15) is 6.20 Å². The minimum absolute atomic E-state index is 0.332. The molecule has 2 aliphatic rings. The van der Waals surface area contributed by atoms with Crippen molar-refractivity contribution in [2.75, 3.05) is 6.54 Å². The Morgan fingerprint density at radius 3 is 3.00 bits per heavy atom. The van der Waals surface area contributed by atoms with Crippen molar-refractivity contribution in [1.82, 2.24) is 0 Å². The molecule has 0 radical (unpaired) electrons.